The lowest BCUT2D eigenvalue weighted by Gasteiger charge is -2.46. The topological polar surface area (TPSA) is 0 Å². The Morgan fingerprint density at radius 3 is 2.00 bits per heavy atom. The molecule has 0 aliphatic heterocycles. The summed E-state index contributed by atoms with van der Waals surface area (Å²) in [6.45, 7) is 14.7. The summed E-state index contributed by atoms with van der Waals surface area (Å²) in [5, 5.41) is 0. The van der Waals surface area contributed by atoms with E-state index < -0.39 is 0 Å². The van der Waals surface area contributed by atoms with E-state index in [9.17, 15) is 0 Å². The quantitative estimate of drug-likeness (QED) is 0.451. The molecule has 3 atom stereocenters. The molecule has 0 spiro atoms. The molecule has 0 heteroatoms. The molecule has 108 valence electrons. The van der Waals surface area contributed by atoms with Crippen LogP contribution in [0.5, 0.6) is 0 Å². The molecule has 18 heavy (non-hydrogen) atoms. The Morgan fingerprint density at radius 2 is 1.61 bits per heavy atom. The first kappa shape index (κ1) is 16.1. The van der Waals surface area contributed by atoms with E-state index >= 15 is 0 Å². The van der Waals surface area contributed by atoms with E-state index in [0.717, 1.165) is 23.7 Å². The summed E-state index contributed by atoms with van der Waals surface area (Å²) in [6, 6.07) is 0. The first-order valence-electron chi connectivity index (χ1n) is 8.48. The third-order valence-corrected chi connectivity index (χ3v) is 5.54. The molecular formula is C18H36. The molecule has 0 aromatic heterocycles. The van der Waals surface area contributed by atoms with Crippen molar-refractivity contribution >= 4 is 0 Å². The van der Waals surface area contributed by atoms with Crippen molar-refractivity contribution in [2.24, 2.45) is 29.1 Å². The minimum Gasteiger partial charge on any atom is -0.0654 e. The molecule has 0 bridgehead atoms. The molecular weight excluding hydrogens is 216 g/mol. The van der Waals surface area contributed by atoms with Gasteiger partial charge in [0.1, 0.15) is 0 Å². The van der Waals surface area contributed by atoms with Gasteiger partial charge in [0.25, 0.3) is 0 Å². The van der Waals surface area contributed by atoms with Gasteiger partial charge in [-0.3, -0.25) is 0 Å². The lowest BCUT2D eigenvalue weighted by molar-refractivity contribution is 0.0260. The monoisotopic (exact) mass is 252 g/mol. The largest absolute Gasteiger partial charge is 0.0654 e. The Labute approximate surface area is 116 Å². The standard InChI is InChI=1S/C18H36/c1-7-9-10-16(6)18(13-14(3)4,15(5)8-2)17-11-12-17/h14-17H,7-13H2,1-6H3. The van der Waals surface area contributed by atoms with Crippen LogP contribution < -0.4 is 0 Å². The van der Waals surface area contributed by atoms with Crippen LogP contribution in [0, 0.1) is 29.1 Å². The first-order valence-corrected chi connectivity index (χ1v) is 8.48. The molecule has 0 aromatic carbocycles. The van der Waals surface area contributed by atoms with Gasteiger partial charge in [0, 0.05) is 0 Å². The molecule has 0 N–H and O–H groups in total. The fraction of sp³-hybridized carbons (Fsp3) is 1.00. The van der Waals surface area contributed by atoms with E-state index in [1.807, 2.05) is 0 Å². The van der Waals surface area contributed by atoms with Crippen molar-refractivity contribution in [2.75, 3.05) is 0 Å². The number of rotatable bonds is 9. The maximum absolute atomic E-state index is 2.56. The van der Waals surface area contributed by atoms with Crippen LogP contribution in [0.4, 0.5) is 0 Å². The van der Waals surface area contributed by atoms with Crippen LogP contribution in [0.2, 0.25) is 0 Å². The van der Waals surface area contributed by atoms with Crippen molar-refractivity contribution in [2.45, 2.75) is 86.5 Å². The highest BCUT2D eigenvalue weighted by atomic mass is 14.6. The Balaban J connectivity index is 2.88. The Morgan fingerprint density at radius 1 is 1.00 bits per heavy atom. The van der Waals surface area contributed by atoms with E-state index in [1.54, 1.807) is 0 Å². The molecule has 0 aromatic rings. The average molecular weight is 252 g/mol. The second-order valence-electron chi connectivity index (χ2n) is 7.34. The lowest BCUT2D eigenvalue weighted by Crippen LogP contribution is -2.39. The molecule has 3 unspecified atom stereocenters. The van der Waals surface area contributed by atoms with Gasteiger partial charge in [0.2, 0.25) is 0 Å². The normalized spacial score (nSPS) is 22.8. The van der Waals surface area contributed by atoms with Gasteiger partial charge in [-0.2, -0.15) is 0 Å². The highest BCUT2D eigenvalue weighted by Gasteiger charge is 2.50. The van der Waals surface area contributed by atoms with Crippen molar-refractivity contribution in [3.05, 3.63) is 0 Å². The van der Waals surface area contributed by atoms with Crippen LogP contribution in [0.25, 0.3) is 0 Å². The van der Waals surface area contributed by atoms with Crippen molar-refractivity contribution in [3.63, 3.8) is 0 Å². The van der Waals surface area contributed by atoms with Crippen molar-refractivity contribution in [1.29, 1.82) is 0 Å². The summed E-state index contributed by atoms with van der Waals surface area (Å²) in [4.78, 5) is 0. The van der Waals surface area contributed by atoms with Gasteiger partial charge >= 0.3 is 0 Å². The summed E-state index contributed by atoms with van der Waals surface area (Å²) < 4.78 is 0. The van der Waals surface area contributed by atoms with Crippen LogP contribution in [0.15, 0.2) is 0 Å². The van der Waals surface area contributed by atoms with E-state index in [0.29, 0.717) is 5.41 Å². The second-order valence-corrected chi connectivity index (χ2v) is 7.34. The molecule has 0 nitrogen and oxygen atoms in total. The Hall–Kier alpha value is 0. The zero-order valence-corrected chi connectivity index (χ0v) is 13.8. The summed E-state index contributed by atoms with van der Waals surface area (Å²) in [5.41, 5.74) is 0.651. The van der Waals surface area contributed by atoms with Crippen LogP contribution in [-0.2, 0) is 0 Å². The molecule has 0 radical (unpaired) electrons. The molecule has 1 fully saturated rings. The minimum absolute atomic E-state index is 0.651. The van der Waals surface area contributed by atoms with E-state index in [-0.39, 0.29) is 0 Å². The third kappa shape index (κ3) is 3.52. The third-order valence-electron chi connectivity index (χ3n) is 5.54. The van der Waals surface area contributed by atoms with Crippen molar-refractivity contribution in [1.82, 2.24) is 0 Å². The molecule has 0 amide bonds. The van der Waals surface area contributed by atoms with E-state index in [2.05, 4.69) is 41.5 Å². The van der Waals surface area contributed by atoms with Crippen LogP contribution in [-0.4, -0.2) is 0 Å². The summed E-state index contributed by atoms with van der Waals surface area (Å²) >= 11 is 0. The Bertz CT molecular complexity index is 226. The Kier molecular flexibility index (Phi) is 6.21. The van der Waals surface area contributed by atoms with Gasteiger partial charge in [-0.1, -0.05) is 67.2 Å². The van der Waals surface area contributed by atoms with E-state index in [1.165, 1.54) is 44.9 Å². The lowest BCUT2D eigenvalue weighted by atomic mass is 9.59. The SMILES string of the molecule is CCCCC(C)C(CC(C)C)(C(C)CC)C1CC1. The minimum atomic E-state index is 0.651. The predicted octanol–water partition coefficient (Wildman–Crippen LogP) is 6.30. The van der Waals surface area contributed by atoms with Crippen LogP contribution >= 0.6 is 0 Å². The molecule has 0 heterocycles. The average Bonchev–Trinajstić information content (AvgIpc) is 3.15. The summed E-state index contributed by atoms with van der Waals surface area (Å²) in [6.07, 6.45) is 10.1. The van der Waals surface area contributed by atoms with E-state index in [4.69, 9.17) is 0 Å². The fourth-order valence-electron chi connectivity index (χ4n) is 4.35. The highest BCUT2D eigenvalue weighted by Crippen LogP contribution is 2.59. The second kappa shape index (κ2) is 6.96. The number of hydrogen-bond donors (Lipinski definition) is 0. The van der Waals surface area contributed by atoms with Gasteiger partial charge in [0.05, 0.1) is 0 Å². The zero-order chi connectivity index (χ0) is 13.8. The number of hydrogen-bond acceptors (Lipinski definition) is 0. The van der Waals surface area contributed by atoms with Crippen molar-refractivity contribution < 1.29 is 0 Å². The molecule has 1 aliphatic rings. The smallest absolute Gasteiger partial charge is 0.0216 e. The summed E-state index contributed by atoms with van der Waals surface area (Å²) in [5.74, 6) is 3.71. The highest BCUT2D eigenvalue weighted by molar-refractivity contribution is 5.00. The molecule has 1 aliphatic carbocycles. The molecule has 1 rings (SSSR count). The zero-order valence-electron chi connectivity index (χ0n) is 13.8. The van der Waals surface area contributed by atoms with Gasteiger partial charge in [0.15, 0.2) is 0 Å². The summed E-state index contributed by atoms with van der Waals surface area (Å²) in [7, 11) is 0. The van der Waals surface area contributed by atoms with Gasteiger partial charge in [-0.05, 0) is 48.3 Å². The van der Waals surface area contributed by atoms with Gasteiger partial charge in [-0.15, -0.1) is 0 Å². The first-order chi connectivity index (χ1) is 8.48. The van der Waals surface area contributed by atoms with Crippen molar-refractivity contribution in [3.8, 4) is 0 Å². The van der Waals surface area contributed by atoms with Gasteiger partial charge < -0.3 is 0 Å². The molecule has 0 saturated heterocycles. The maximum atomic E-state index is 2.56. The number of unbranched alkanes of at least 4 members (excludes halogenated alkanes) is 1. The fourth-order valence-corrected chi connectivity index (χ4v) is 4.35. The maximum Gasteiger partial charge on any atom is -0.0216 e. The molecule has 1 saturated carbocycles. The predicted molar refractivity (Wildman–Crippen MR) is 82.8 cm³/mol. The van der Waals surface area contributed by atoms with Crippen LogP contribution in [0.3, 0.4) is 0 Å². The van der Waals surface area contributed by atoms with Crippen LogP contribution in [0.1, 0.15) is 86.5 Å². The van der Waals surface area contributed by atoms with Gasteiger partial charge in [-0.25, -0.2) is 0 Å².